The lowest BCUT2D eigenvalue weighted by Gasteiger charge is -2.36. The summed E-state index contributed by atoms with van der Waals surface area (Å²) in [7, 11) is 0. The number of ether oxygens (including phenoxy) is 1. The Hall–Kier alpha value is -0.610. The third-order valence-electron chi connectivity index (χ3n) is 2.22. The lowest BCUT2D eigenvalue weighted by atomic mass is 10.2. The van der Waals surface area contributed by atoms with Gasteiger partial charge in [-0.05, 0) is 13.3 Å². The third kappa shape index (κ3) is 2.97. The highest BCUT2D eigenvalue weighted by Crippen LogP contribution is 2.13. The van der Waals surface area contributed by atoms with Gasteiger partial charge in [-0.1, -0.05) is 0 Å². The number of hydrogen-bond donors (Lipinski definition) is 1. The molecule has 2 atom stereocenters. The molecule has 76 valence electrons. The van der Waals surface area contributed by atoms with Gasteiger partial charge in [0.15, 0.2) is 0 Å². The van der Waals surface area contributed by atoms with Crippen LogP contribution in [0.25, 0.3) is 0 Å². The smallest absolute Gasteiger partial charge is 0.219 e. The topological polar surface area (TPSA) is 49.8 Å². The standard InChI is InChI=1S/C9H17NO3/c1-7-5-10(8(2)12)6-9(13-7)3-4-11/h7,9,11H,3-6H2,1-2H3. The van der Waals surface area contributed by atoms with Crippen LogP contribution in [0.1, 0.15) is 20.3 Å². The van der Waals surface area contributed by atoms with Crippen LogP contribution in [0.2, 0.25) is 0 Å². The molecule has 2 unspecified atom stereocenters. The summed E-state index contributed by atoms with van der Waals surface area (Å²) < 4.78 is 5.55. The Balaban J connectivity index is 2.47. The normalized spacial score (nSPS) is 29.0. The fourth-order valence-electron chi connectivity index (χ4n) is 1.61. The Morgan fingerprint density at radius 2 is 2.31 bits per heavy atom. The lowest BCUT2D eigenvalue weighted by molar-refractivity contribution is -0.143. The molecule has 1 aliphatic rings. The molecule has 1 amide bonds. The summed E-state index contributed by atoms with van der Waals surface area (Å²) in [5, 5.41) is 8.75. The van der Waals surface area contributed by atoms with Crippen molar-refractivity contribution in [2.24, 2.45) is 0 Å². The number of morpholine rings is 1. The van der Waals surface area contributed by atoms with Crippen LogP contribution >= 0.6 is 0 Å². The van der Waals surface area contributed by atoms with Crippen LogP contribution in [0.3, 0.4) is 0 Å². The first-order valence-corrected chi connectivity index (χ1v) is 4.65. The maximum absolute atomic E-state index is 11.1. The van der Waals surface area contributed by atoms with Gasteiger partial charge in [-0.15, -0.1) is 0 Å². The quantitative estimate of drug-likeness (QED) is 0.662. The Morgan fingerprint density at radius 1 is 1.62 bits per heavy atom. The van der Waals surface area contributed by atoms with Crippen LogP contribution in [-0.2, 0) is 9.53 Å². The van der Waals surface area contributed by atoms with E-state index < -0.39 is 0 Å². The first-order valence-electron chi connectivity index (χ1n) is 4.65. The van der Waals surface area contributed by atoms with E-state index in [4.69, 9.17) is 9.84 Å². The molecule has 1 fully saturated rings. The minimum Gasteiger partial charge on any atom is -0.396 e. The average Bonchev–Trinajstić information content (AvgIpc) is 2.03. The molecule has 4 heteroatoms. The van der Waals surface area contributed by atoms with Gasteiger partial charge in [0.2, 0.25) is 5.91 Å². The van der Waals surface area contributed by atoms with Gasteiger partial charge in [-0.2, -0.15) is 0 Å². The number of rotatable bonds is 2. The Kier molecular flexibility index (Phi) is 3.69. The van der Waals surface area contributed by atoms with Gasteiger partial charge >= 0.3 is 0 Å². The average molecular weight is 187 g/mol. The Bertz CT molecular complexity index is 184. The van der Waals surface area contributed by atoms with Crippen molar-refractivity contribution < 1.29 is 14.6 Å². The molecule has 0 bridgehead atoms. The molecule has 0 aliphatic carbocycles. The van der Waals surface area contributed by atoms with Crippen molar-refractivity contribution in [2.45, 2.75) is 32.5 Å². The van der Waals surface area contributed by atoms with Crippen LogP contribution in [-0.4, -0.2) is 47.8 Å². The Labute approximate surface area is 78.5 Å². The molecule has 0 aromatic rings. The van der Waals surface area contributed by atoms with E-state index in [1.54, 1.807) is 11.8 Å². The second kappa shape index (κ2) is 4.58. The predicted octanol–water partition coefficient (Wildman–Crippen LogP) is 0.00460. The molecular weight excluding hydrogens is 170 g/mol. The minimum absolute atomic E-state index is 0.00218. The maximum atomic E-state index is 11.1. The molecule has 1 aliphatic heterocycles. The van der Waals surface area contributed by atoms with Gasteiger partial charge < -0.3 is 14.7 Å². The summed E-state index contributed by atoms with van der Waals surface area (Å²) in [6.07, 6.45) is 0.681. The summed E-state index contributed by atoms with van der Waals surface area (Å²) in [5.74, 6) is 0.0816. The number of aliphatic hydroxyl groups excluding tert-OH is 1. The number of carbonyl (C=O) groups excluding carboxylic acids is 1. The second-order valence-electron chi connectivity index (χ2n) is 3.50. The van der Waals surface area contributed by atoms with E-state index >= 15 is 0 Å². The van der Waals surface area contributed by atoms with Crippen molar-refractivity contribution in [1.29, 1.82) is 0 Å². The molecule has 4 nitrogen and oxygen atoms in total. The van der Waals surface area contributed by atoms with E-state index in [1.165, 1.54) is 0 Å². The van der Waals surface area contributed by atoms with Gasteiger partial charge in [-0.25, -0.2) is 0 Å². The van der Waals surface area contributed by atoms with Crippen molar-refractivity contribution in [3.63, 3.8) is 0 Å². The summed E-state index contributed by atoms with van der Waals surface area (Å²) in [5.41, 5.74) is 0. The third-order valence-corrected chi connectivity index (χ3v) is 2.22. The molecule has 0 saturated carbocycles. The summed E-state index contributed by atoms with van der Waals surface area (Å²) in [6.45, 7) is 4.90. The summed E-state index contributed by atoms with van der Waals surface area (Å²) in [6, 6.07) is 0. The molecule has 1 saturated heterocycles. The number of aliphatic hydroxyl groups is 1. The van der Waals surface area contributed by atoms with Crippen molar-refractivity contribution >= 4 is 5.91 Å². The number of carbonyl (C=O) groups is 1. The van der Waals surface area contributed by atoms with Gasteiger partial charge in [-0.3, -0.25) is 4.79 Å². The van der Waals surface area contributed by atoms with Crippen molar-refractivity contribution in [3.05, 3.63) is 0 Å². The Morgan fingerprint density at radius 3 is 2.85 bits per heavy atom. The van der Waals surface area contributed by atoms with E-state index in [9.17, 15) is 4.79 Å². The highest BCUT2D eigenvalue weighted by molar-refractivity contribution is 5.73. The number of hydrogen-bond acceptors (Lipinski definition) is 3. The van der Waals surface area contributed by atoms with E-state index in [-0.39, 0.29) is 24.7 Å². The highest BCUT2D eigenvalue weighted by atomic mass is 16.5. The number of amides is 1. The maximum Gasteiger partial charge on any atom is 0.219 e. The molecule has 0 radical (unpaired) electrons. The first-order chi connectivity index (χ1) is 6.13. The zero-order valence-corrected chi connectivity index (χ0v) is 8.19. The molecule has 0 aromatic heterocycles. The van der Waals surface area contributed by atoms with Crippen LogP contribution in [0.5, 0.6) is 0 Å². The number of nitrogens with zero attached hydrogens (tertiary/aromatic N) is 1. The zero-order valence-electron chi connectivity index (χ0n) is 8.19. The highest BCUT2D eigenvalue weighted by Gasteiger charge is 2.25. The summed E-state index contributed by atoms with van der Waals surface area (Å²) in [4.78, 5) is 12.9. The second-order valence-corrected chi connectivity index (χ2v) is 3.50. The molecular formula is C9H17NO3. The predicted molar refractivity (Wildman–Crippen MR) is 48.3 cm³/mol. The molecule has 0 spiro atoms. The first kappa shape index (κ1) is 10.5. The fraction of sp³-hybridized carbons (Fsp3) is 0.889. The van der Waals surface area contributed by atoms with Crippen molar-refractivity contribution in [3.8, 4) is 0 Å². The zero-order chi connectivity index (χ0) is 9.84. The molecule has 1 N–H and O–H groups in total. The largest absolute Gasteiger partial charge is 0.396 e. The fourth-order valence-corrected chi connectivity index (χ4v) is 1.61. The lowest BCUT2D eigenvalue weighted by Crippen LogP contribution is -2.48. The van der Waals surface area contributed by atoms with Gasteiger partial charge in [0, 0.05) is 26.6 Å². The van der Waals surface area contributed by atoms with Gasteiger partial charge in [0.25, 0.3) is 0 Å². The van der Waals surface area contributed by atoms with E-state index in [1.807, 2.05) is 6.92 Å². The van der Waals surface area contributed by atoms with E-state index in [2.05, 4.69) is 0 Å². The minimum atomic E-state index is -0.00218. The van der Waals surface area contributed by atoms with Crippen LogP contribution in [0.4, 0.5) is 0 Å². The van der Waals surface area contributed by atoms with Crippen molar-refractivity contribution in [2.75, 3.05) is 19.7 Å². The van der Waals surface area contributed by atoms with Crippen molar-refractivity contribution in [1.82, 2.24) is 4.90 Å². The summed E-state index contributed by atoms with van der Waals surface area (Å²) >= 11 is 0. The van der Waals surface area contributed by atoms with Crippen LogP contribution in [0, 0.1) is 0 Å². The SMILES string of the molecule is CC(=O)N1CC(C)OC(CCO)C1. The van der Waals surface area contributed by atoms with E-state index in [0.29, 0.717) is 19.5 Å². The van der Waals surface area contributed by atoms with E-state index in [0.717, 1.165) is 0 Å². The van der Waals surface area contributed by atoms with Crippen LogP contribution < -0.4 is 0 Å². The molecule has 1 heterocycles. The molecule has 13 heavy (non-hydrogen) atoms. The van der Waals surface area contributed by atoms with Gasteiger partial charge in [0.05, 0.1) is 12.2 Å². The van der Waals surface area contributed by atoms with Gasteiger partial charge in [0.1, 0.15) is 0 Å². The van der Waals surface area contributed by atoms with Crippen LogP contribution in [0.15, 0.2) is 0 Å². The molecule has 0 aromatic carbocycles. The molecule has 1 rings (SSSR count). The monoisotopic (exact) mass is 187 g/mol.